The van der Waals surface area contributed by atoms with Crippen molar-refractivity contribution in [1.82, 2.24) is 0 Å². The van der Waals surface area contributed by atoms with Crippen molar-refractivity contribution < 1.29 is 9.47 Å². The van der Waals surface area contributed by atoms with Crippen LogP contribution in [0.3, 0.4) is 0 Å². The molecule has 2 aromatic rings. The number of methoxy groups -OCH3 is 2. The summed E-state index contributed by atoms with van der Waals surface area (Å²) < 4.78 is 10.4. The van der Waals surface area contributed by atoms with Crippen molar-refractivity contribution in [3.05, 3.63) is 29.0 Å². The molecule has 84 valence electrons. The van der Waals surface area contributed by atoms with Gasteiger partial charge in [0.05, 0.1) is 19.9 Å². The van der Waals surface area contributed by atoms with E-state index in [0.29, 0.717) is 5.75 Å². The van der Waals surface area contributed by atoms with Crippen LogP contribution in [0.15, 0.2) is 29.0 Å². The first-order valence-electron chi connectivity index (χ1n) is 4.80. The van der Waals surface area contributed by atoms with Crippen molar-refractivity contribution in [3.63, 3.8) is 0 Å². The Bertz CT molecular complexity index is 494. The lowest BCUT2D eigenvalue weighted by Gasteiger charge is -2.09. The molecule has 1 aromatic carbocycles. The lowest BCUT2D eigenvalue weighted by molar-refractivity contribution is 0.355. The molecule has 0 aliphatic heterocycles. The van der Waals surface area contributed by atoms with Gasteiger partial charge in [0, 0.05) is 16.3 Å². The third kappa shape index (κ3) is 1.84. The van der Waals surface area contributed by atoms with Gasteiger partial charge >= 0.3 is 0 Å². The Balaban J connectivity index is 2.48. The summed E-state index contributed by atoms with van der Waals surface area (Å²) in [6.07, 6.45) is 0. The number of nitrogen functional groups attached to an aromatic ring is 1. The maximum absolute atomic E-state index is 5.87. The van der Waals surface area contributed by atoms with E-state index in [9.17, 15) is 0 Å². The molecule has 1 aromatic heterocycles. The first kappa shape index (κ1) is 10.8. The first-order chi connectivity index (χ1) is 7.76. The maximum atomic E-state index is 5.87. The van der Waals surface area contributed by atoms with E-state index in [1.807, 2.05) is 29.0 Å². The van der Waals surface area contributed by atoms with Crippen molar-refractivity contribution in [1.29, 1.82) is 0 Å². The second kappa shape index (κ2) is 4.45. The molecule has 0 amide bonds. The predicted molar refractivity (Wildman–Crippen MR) is 67.3 cm³/mol. The largest absolute Gasteiger partial charge is 0.493 e. The lowest BCUT2D eigenvalue weighted by atomic mass is 10.1. The number of thiophene rings is 1. The second-order valence-corrected chi connectivity index (χ2v) is 4.05. The summed E-state index contributed by atoms with van der Waals surface area (Å²) in [5.74, 6) is 1.44. The van der Waals surface area contributed by atoms with E-state index in [0.717, 1.165) is 22.6 Å². The monoisotopic (exact) mass is 235 g/mol. The highest BCUT2D eigenvalue weighted by molar-refractivity contribution is 7.08. The van der Waals surface area contributed by atoms with Gasteiger partial charge in [-0.3, -0.25) is 0 Å². The molecule has 0 aliphatic carbocycles. The standard InChI is InChI=1S/C12H13NO2S/c1-14-11-4-3-8(5-12(11)15-2)9-6-16-7-10(9)13/h3-7H,13H2,1-2H3. The van der Waals surface area contributed by atoms with Gasteiger partial charge in [-0.1, -0.05) is 6.07 Å². The van der Waals surface area contributed by atoms with Crippen LogP contribution < -0.4 is 15.2 Å². The molecule has 0 bridgehead atoms. The number of hydrogen-bond donors (Lipinski definition) is 1. The highest BCUT2D eigenvalue weighted by Gasteiger charge is 2.08. The van der Waals surface area contributed by atoms with Gasteiger partial charge in [-0.15, -0.1) is 11.3 Å². The van der Waals surface area contributed by atoms with Crippen LogP contribution in [0.1, 0.15) is 0 Å². The van der Waals surface area contributed by atoms with E-state index in [2.05, 4.69) is 0 Å². The van der Waals surface area contributed by atoms with E-state index >= 15 is 0 Å². The highest BCUT2D eigenvalue weighted by atomic mass is 32.1. The van der Waals surface area contributed by atoms with Crippen molar-refractivity contribution in [2.24, 2.45) is 0 Å². The van der Waals surface area contributed by atoms with Crippen molar-refractivity contribution >= 4 is 17.0 Å². The van der Waals surface area contributed by atoms with Gasteiger partial charge < -0.3 is 15.2 Å². The van der Waals surface area contributed by atoms with Crippen LogP contribution in [0.25, 0.3) is 11.1 Å². The summed E-state index contributed by atoms with van der Waals surface area (Å²) in [6.45, 7) is 0. The molecule has 0 saturated heterocycles. The van der Waals surface area contributed by atoms with Gasteiger partial charge in [0.25, 0.3) is 0 Å². The summed E-state index contributed by atoms with van der Waals surface area (Å²) in [6, 6.07) is 5.78. The van der Waals surface area contributed by atoms with Crippen LogP contribution in [0.4, 0.5) is 5.69 Å². The minimum Gasteiger partial charge on any atom is -0.493 e. The highest BCUT2D eigenvalue weighted by Crippen LogP contribution is 2.35. The fourth-order valence-electron chi connectivity index (χ4n) is 1.55. The van der Waals surface area contributed by atoms with E-state index in [-0.39, 0.29) is 0 Å². The van der Waals surface area contributed by atoms with Crippen LogP contribution in [-0.4, -0.2) is 14.2 Å². The fraction of sp³-hybridized carbons (Fsp3) is 0.167. The molecule has 0 saturated carbocycles. The van der Waals surface area contributed by atoms with Crippen molar-refractivity contribution in [2.45, 2.75) is 0 Å². The Morgan fingerprint density at radius 2 is 1.81 bits per heavy atom. The van der Waals surface area contributed by atoms with Crippen LogP contribution in [0, 0.1) is 0 Å². The van der Waals surface area contributed by atoms with E-state index < -0.39 is 0 Å². The van der Waals surface area contributed by atoms with Gasteiger partial charge in [0.2, 0.25) is 0 Å². The first-order valence-corrected chi connectivity index (χ1v) is 5.74. The summed E-state index contributed by atoms with van der Waals surface area (Å²) >= 11 is 1.59. The SMILES string of the molecule is COc1ccc(-c2cscc2N)cc1OC. The van der Waals surface area contributed by atoms with Gasteiger partial charge in [0.1, 0.15) is 0 Å². The molecule has 16 heavy (non-hydrogen) atoms. The zero-order valence-corrected chi connectivity index (χ0v) is 10.0. The summed E-state index contributed by atoms with van der Waals surface area (Å²) in [5.41, 5.74) is 8.73. The molecule has 1 heterocycles. The molecule has 4 heteroatoms. The topological polar surface area (TPSA) is 44.5 Å². The quantitative estimate of drug-likeness (QED) is 0.889. The minimum absolute atomic E-state index is 0.714. The molecule has 0 unspecified atom stereocenters. The zero-order valence-electron chi connectivity index (χ0n) is 9.19. The van der Waals surface area contributed by atoms with Gasteiger partial charge in [-0.25, -0.2) is 0 Å². The molecular formula is C12H13NO2S. The number of benzene rings is 1. The molecule has 2 rings (SSSR count). The van der Waals surface area contributed by atoms with Crippen molar-refractivity contribution in [3.8, 4) is 22.6 Å². The maximum Gasteiger partial charge on any atom is 0.161 e. The second-order valence-electron chi connectivity index (χ2n) is 3.31. The third-order valence-electron chi connectivity index (χ3n) is 2.39. The van der Waals surface area contributed by atoms with Gasteiger partial charge in [-0.2, -0.15) is 0 Å². The van der Waals surface area contributed by atoms with Crippen molar-refractivity contribution in [2.75, 3.05) is 20.0 Å². The van der Waals surface area contributed by atoms with E-state index in [1.165, 1.54) is 0 Å². The van der Waals surface area contributed by atoms with Crippen LogP contribution in [-0.2, 0) is 0 Å². The molecule has 0 spiro atoms. The zero-order chi connectivity index (χ0) is 11.5. The van der Waals surface area contributed by atoms with Crippen LogP contribution >= 0.6 is 11.3 Å². The Morgan fingerprint density at radius 3 is 2.38 bits per heavy atom. The Morgan fingerprint density at radius 1 is 1.06 bits per heavy atom. The smallest absolute Gasteiger partial charge is 0.161 e. The number of hydrogen-bond acceptors (Lipinski definition) is 4. The third-order valence-corrected chi connectivity index (χ3v) is 3.15. The van der Waals surface area contributed by atoms with E-state index in [1.54, 1.807) is 25.6 Å². The Hall–Kier alpha value is -1.68. The van der Waals surface area contributed by atoms with E-state index in [4.69, 9.17) is 15.2 Å². The fourth-order valence-corrected chi connectivity index (χ4v) is 2.30. The Labute approximate surface area is 98.4 Å². The lowest BCUT2D eigenvalue weighted by Crippen LogP contribution is -1.91. The Kier molecular flexibility index (Phi) is 3.01. The molecule has 3 nitrogen and oxygen atoms in total. The van der Waals surface area contributed by atoms with Crippen LogP contribution in [0.5, 0.6) is 11.5 Å². The summed E-state index contributed by atoms with van der Waals surface area (Å²) in [7, 11) is 3.25. The number of rotatable bonds is 3. The number of ether oxygens (including phenoxy) is 2. The molecule has 0 radical (unpaired) electrons. The number of nitrogens with two attached hydrogens (primary N) is 1. The van der Waals surface area contributed by atoms with Gasteiger partial charge in [0.15, 0.2) is 11.5 Å². The average Bonchev–Trinajstić information content (AvgIpc) is 2.74. The molecule has 0 aliphatic rings. The normalized spacial score (nSPS) is 10.1. The average molecular weight is 235 g/mol. The molecule has 2 N–H and O–H groups in total. The number of anilines is 1. The molecule has 0 fully saturated rings. The summed E-state index contributed by atoms with van der Waals surface area (Å²) in [4.78, 5) is 0. The molecular weight excluding hydrogens is 222 g/mol. The van der Waals surface area contributed by atoms with Crippen LogP contribution in [0.2, 0.25) is 0 Å². The summed E-state index contributed by atoms with van der Waals surface area (Å²) in [5, 5.41) is 3.95. The predicted octanol–water partition coefficient (Wildman–Crippen LogP) is 3.01. The van der Waals surface area contributed by atoms with Gasteiger partial charge in [-0.05, 0) is 17.7 Å². The minimum atomic E-state index is 0.714. The molecule has 0 atom stereocenters.